The van der Waals surface area contributed by atoms with Crippen molar-refractivity contribution in [2.24, 2.45) is 0 Å². The molecular formula is C22H21F2NO. The molecule has 0 radical (unpaired) electrons. The Balaban J connectivity index is 1.89. The molecule has 0 amide bonds. The molecule has 26 heavy (non-hydrogen) atoms. The van der Waals surface area contributed by atoms with E-state index in [9.17, 15) is 13.9 Å². The zero-order valence-corrected chi connectivity index (χ0v) is 14.5. The van der Waals surface area contributed by atoms with Gasteiger partial charge in [-0.15, -0.1) is 0 Å². The highest BCUT2D eigenvalue weighted by atomic mass is 19.1. The highest BCUT2D eigenvalue weighted by Gasteiger charge is 2.23. The predicted molar refractivity (Wildman–Crippen MR) is 98.7 cm³/mol. The maximum atomic E-state index is 14.0. The zero-order valence-electron chi connectivity index (χ0n) is 14.5. The van der Waals surface area contributed by atoms with Gasteiger partial charge in [-0.25, -0.2) is 8.78 Å². The molecule has 0 aliphatic heterocycles. The van der Waals surface area contributed by atoms with Gasteiger partial charge in [0.15, 0.2) is 0 Å². The van der Waals surface area contributed by atoms with E-state index in [1.165, 1.54) is 18.2 Å². The van der Waals surface area contributed by atoms with Crippen molar-refractivity contribution < 1.29 is 13.9 Å². The van der Waals surface area contributed by atoms with Crippen LogP contribution in [0.5, 0.6) is 0 Å². The summed E-state index contributed by atoms with van der Waals surface area (Å²) >= 11 is 0. The number of likely N-dealkylation sites (N-methyl/N-ethyl adjacent to an activating group) is 1. The Morgan fingerprint density at radius 1 is 0.808 bits per heavy atom. The van der Waals surface area contributed by atoms with Crippen molar-refractivity contribution in [3.8, 4) is 0 Å². The molecule has 0 aliphatic rings. The summed E-state index contributed by atoms with van der Waals surface area (Å²) < 4.78 is 27.3. The van der Waals surface area contributed by atoms with Crippen molar-refractivity contribution in [2.75, 3.05) is 13.6 Å². The summed E-state index contributed by atoms with van der Waals surface area (Å²) in [5, 5.41) is 10.5. The lowest BCUT2D eigenvalue weighted by atomic mass is 9.96. The average molecular weight is 353 g/mol. The van der Waals surface area contributed by atoms with Crippen molar-refractivity contribution in [3.05, 3.63) is 107 Å². The van der Waals surface area contributed by atoms with Crippen LogP contribution in [-0.2, 0) is 0 Å². The van der Waals surface area contributed by atoms with Crippen LogP contribution >= 0.6 is 0 Å². The summed E-state index contributed by atoms with van der Waals surface area (Å²) in [5.74, 6) is -0.721. The van der Waals surface area contributed by atoms with Gasteiger partial charge in [0.1, 0.15) is 11.6 Å². The van der Waals surface area contributed by atoms with Gasteiger partial charge in [0.05, 0.1) is 12.1 Å². The maximum absolute atomic E-state index is 14.0. The van der Waals surface area contributed by atoms with Gasteiger partial charge in [0.25, 0.3) is 0 Å². The van der Waals surface area contributed by atoms with Crippen LogP contribution in [0.15, 0.2) is 78.9 Å². The number of nitrogens with zero attached hydrogens (tertiary/aromatic N) is 1. The van der Waals surface area contributed by atoms with E-state index in [1.807, 2.05) is 42.3 Å². The smallest absolute Gasteiger partial charge is 0.129 e. The van der Waals surface area contributed by atoms with E-state index in [4.69, 9.17) is 0 Å². The molecule has 3 aromatic carbocycles. The van der Waals surface area contributed by atoms with Crippen LogP contribution in [0.1, 0.15) is 28.8 Å². The number of hydrogen-bond donors (Lipinski definition) is 1. The lowest BCUT2D eigenvalue weighted by Crippen LogP contribution is -2.30. The Hall–Kier alpha value is -2.56. The fourth-order valence-electron chi connectivity index (χ4n) is 3.20. The minimum absolute atomic E-state index is 0.182. The van der Waals surface area contributed by atoms with Crippen LogP contribution in [0.25, 0.3) is 0 Å². The lowest BCUT2D eigenvalue weighted by molar-refractivity contribution is 0.110. The van der Waals surface area contributed by atoms with Gasteiger partial charge in [-0.2, -0.15) is 0 Å². The topological polar surface area (TPSA) is 23.5 Å². The summed E-state index contributed by atoms with van der Waals surface area (Å²) in [6.07, 6.45) is -0.965. The van der Waals surface area contributed by atoms with Crippen molar-refractivity contribution in [2.45, 2.75) is 12.1 Å². The molecule has 3 aromatic rings. The average Bonchev–Trinajstić information content (AvgIpc) is 2.65. The molecule has 0 saturated carbocycles. The SMILES string of the molecule is CN(C[C@H](O)c1ccccc1F)[C@@H](c1ccccc1)c1ccc(F)cc1. The first-order valence-electron chi connectivity index (χ1n) is 8.49. The predicted octanol–water partition coefficient (Wildman–Crippen LogP) is 4.72. The molecule has 1 N–H and O–H groups in total. The second-order valence-electron chi connectivity index (χ2n) is 6.34. The number of hydrogen-bond acceptors (Lipinski definition) is 2. The third-order valence-corrected chi connectivity index (χ3v) is 4.47. The Labute approximate surface area is 152 Å². The Bertz CT molecular complexity index is 836. The number of rotatable bonds is 6. The fraction of sp³-hybridized carbons (Fsp3) is 0.182. The van der Waals surface area contributed by atoms with Gasteiger partial charge in [-0.05, 0) is 36.4 Å². The van der Waals surface area contributed by atoms with E-state index in [0.29, 0.717) is 0 Å². The maximum Gasteiger partial charge on any atom is 0.129 e. The van der Waals surface area contributed by atoms with Crippen LogP contribution in [0.4, 0.5) is 8.78 Å². The summed E-state index contributed by atoms with van der Waals surface area (Å²) in [6, 6.07) is 22.1. The van der Waals surface area contributed by atoms with Crippen molar-refractivity contribution in [1.29, 1.82) is 0 Å². The number of benzene rings is 3. The number of aliphatic hydroxyl groups excluding tert-OH is 1. The molecule has 0 fully saturated rings. The lowest BCUT2D eigenvalue weighted by Gasteiger charge is -2.31. The summed E-state index contributed by atoms with van der Waals surface area (Å²) in [5.41, 5.74) is 2.19. The largest absolute Gasteiger partial charge is 0.387 e. The van der Waals surface area contributed by atoms with E-state index in [-0.39, 0.29) is 24.0 Å². The van der Waals surface area contributed by atoms with E-state index in [1.54, 1.807) is 30.3 Å². The van der Waals surface area contributed by atoms with Crippen molar-refractivity contribution in [3.63, 3.8) is 0 Å². The van der Waals surface area contributed by atoms with Gasteiger partial charge >= 0.3 is 0 Å². The number of halogens is 2. The molecule has 0 unspecified atom stereocenters. The van der Waals surface area contributed by atoms with E-state index in [0.717, 1.165) is 11.1 Å². The Morgan fingerprint density at radius 2 is 1.38 bits per heavy atom. The summed E-state index contributed by atoms with van der Waals surface area (Å²) in [7, 11) is 1.87. The molecule has 4 heteroatoms. The monoisotopic (exact) mass is 353 g/mol. The van der Waals surface area contributed by atoms with Crippen LogP contribution in [0.2, 0.25) is 0 Å². The first-order chi connectivity index (χ1) is 12.6. The minimum atomic E-state index is -0.965. The molecule has 2 nitrogen and oxygen atoms in total. The molecule has 0 bridgehead atoms. The standard InChI is InChI=1S/C22H21F2NO/c1-25(15-21(26)19-9-5-6-10-20(19)24)22(16-7-3-2-4-8-16)17-11-13-18(23)14-12-17/h2-14,21-22,26H,15H2,1H3/t21-,22-/m0/s1. The van der Waals surface area contributed by atoms with E-state index >= 15 is 0 Å². The molecule has 0 spiro atoms. The normalized spacial score (nSPS) is 13.6. The van der Waals surface area contributed by atoms with Crippen LogP contribution in [-0.4, -0.2) is 23.6 Å². The third-order valence-electron chi connectivity index (χ3n) is 4.47. The highest BCUT2D eigenvalue weighted by Crippen LogP contribution is 2.29. The minimum Gasteiger partial charge on any atom is -0.387 e. The molecule has 3 rings (SSSR count). The van der Waals surface area contributed by atoms with Crippen LogP contribution < -0.4 is 0 Å². The molecule has 0 saturated heterocycles. The molecule has 2 atom stereocenters. The Morgan fingerprint density at radius 3 is 2.04 bits per heavy atom. The summed E-state index contributed by atoms with van der Waals surface area (Å²) in [4.78, 5) is 1.94. The summed E-state index contributed by atoms with van der Waals surface area (Å²) in [6.45, 7) is 0.234. The van der Waals surface area contributed by atoms with Gasteiger partial charge in [-0.1, -0.05) is 60.7 Å². The van der Waals surface area contributed by atoms with Crippen molar-refractivity contribution in [1.82, 2.24) is 4.90 Å². The number of aliphatic hydroxyl groups is 1. The van der Waals surface area contributed by atoms with E-state index in [2.05, 4.69) is 0 Å². The molecule has 0 aliphatic carbocycles. The van der Waals surface area contributed by atoms with Gasteiger partial charge in [-0.3, -0.25) is 4.90 Å². The molecule has 0 heterocycles. The second-order valence-corrected chi connectivity index (χ2v) is 6.34. The fourth-order valence-corrected chi connectivity index (χ4v) is 3.20. The first kappa shape index (κ1) is 18.2. The quantitative estimate of drug-likeness (QED) is 0.693. The van der Waals surface area contributed by atoms with Gasteiger partial charge in [0, 0.05) is 12.1 Å². The van der Waals surface area contributed by atoms with Gasteiger partial charge < -0.3 is 5.11 Å². The van der Waals surface area contributed by atoms with Gasteiger partial charge in [0.2, 0.25) is 0 Å². The van der Waals surface area contributed by atoms with Crippen LogP contribution in [0, 0.1) is 11.6 Å². The molecular weight excluding hydrogens is 332 g/mol. The molecule has 0 aromatic heterocycles. The van der Waals surface area contributed by atoms with Crippen LogP contribution in [0.3, 0.4) is 0 Å². The van der Waals surface area contributed by atoms with Crippen molar-refractivity contribution >= 4 is 0 Å². The zero-order chi connectivity index (χ0) is 18.5. The first-order valence-corrected chi connectivity index (χ1v) is 8.49. The molecule has 134 valence electrons. The second kappa shape index (κ2) is 8.21. The highest BCUT2D eigenvalue weighted by molar-refractivity contribution is 5.32. The van der Waals surface area contributed by atoms with E-state index < -0.39 is 11.9 Å². The Kier molecular flexibility index (Phi) is 5.76. The third kappa shape index (κ3) is 4.15.